The van der Waals surface area contributed by atoms with E-state index in [2.05, 4.69) is 15.3 Å². The van der Waals surface area contributed by atoms with E-state index in [9.17, 15) is 4.79 Å². The predicted molar refractivity (Wildman–Crippen MR) is 85.0 cm³/mol. The lowest BCUT2D eigenvalue weighted by Gasteiger charge is -2.07. The van der Waals surface area contributed by atoms with Crippen LogP contribution in [-0.2, 0) is 6.54 Å². The third-order valence-corrected chi connectivity index (χ3v) is 3.62. The minimum absolute atomic E-state index is 0.120. The van der Waals surface area contributed by atoms with Crippen LogP contribution in [0.15, 0.2) is 42.7 Å². The zero-order chi connectivity index (χ0) is 15.5. The van der Waals surface area contributed by atoms with E-state index in [1.807, 2.05) is 37.3 Å². The first kappa shape index (κ1) is 14.1. The van der Waals surface area contributed by atoms with E-state index in [0.29, 0.717) is 17.9 Å². The summed E-state index contributed by atoms with van der Waals surface area (Å²) < 4.78 is 5.39. The van der Waals surface area contributed by atoms with Gasteiger partial charge in [-0.25, -0.2) is 0 Å². The Hall–Kier alpha value is -2.82. The van der Waals surface area contributed by atoms with Gasteiger partial charge in [0.15, 0.2) is 0 Å². The van der Waals surface area contributed by atoms with Crippen LogP contribution in [0.2, 0.25) is 0 Å². The van der Waals surface area contributed by atoms with Crippen molar-refractivity contribution in [2.45, 2.75) is 13.5 Å². The molecule has 0 radical (unpaired) electrons. The molecule has 22 heavy (non-hydrogen) atoms. The summed E-state index contributed by atoms with van der Waals surface area (Å²) in [6.45, 7) is 2.35. The molecule has 2 heterocycles. The Morgan fingerprint density at radius 1 is 1.27 bits per heavy atom. The molecule has 2 N–H and O–H groups in total. The summed E-state index contributed by atoms with van der Waals surface area (Å²) >= 11 is 0. The Labute approximate surface area is 128 Å². The summed E-state index contributed by atoms with van der Waals surface area (Å²) in [6.07, 6.45) is 3.42. The Balaban J connectivity index is 1.92. The second-order valence-electron chi connectivity index (χ2n) is 5.05. The molecule has 0 aliphatic heterocycles. The molecular weight excluding hydrogens is 278 g/mol. The molecule has 0 aliphatic rings. The quantitative estimate of drug-likeness (QED) is 0.777. The Kier molecular flexibility index (Phi) is 3.78. The maximum Gasteiger partial charge on any atom is 0.254 e. The molecule has 0 unspecified atom stereocenters. The molecule has 3 rings (SSSR count). The highest BCUT2D eigenvalue weighted by Crippen LogP contribution is 2.30. The second-order valence-corrected chi connectivity index (χ2v) is 5.05. The van der Waals surface area contributed by atoms with Crippen molar-refractivity contribution in [3.8, 4) is 5.75 Å². The summed E-state index contributed by atoms with van der Waals surface area (Å²) in [7, 11) is 1.61. The van der Waals surface area contributed by atoms with Crippen molar-refractivity contribution in [2.75, 3.05) is 7.11 Å². The van der Waals surface area contributed by atoms with Gasteiger partial charge in [0.2, 0.25) is 0 Å². The first-order chi connectivity index (χ1) is 10.7. The standard InChI is InChI=1S/C17H17N3O2/c1-11-15(16-13(20-11)4-3-5-14(16)22-2)17(21)19-10-12-6-8-18-9-7-12/h3-9,20H,10H2,1-2H3,(H,19,21). The Bertz CT molecular complexity index is 809. The average Bonchev–Trinajstić information content (AvgIpc) is 2.89. The number of aromatic amines is 1. The number of pyridine rings is 1. The number of fused-ring (bicyclic) bond motifs is 1. The maximum absolute atomic E-state index is 12.6. The number of methoxy groups -OCH3 is 1. The van der Waals surface area contributed by atoms with Crippen LogP contribution in [0, 0.1) is 6.92 Å². The van der Waals surface area contributed by atoms with E-state index in [1.165, 1.54) is 0 Å². The lowest BCUT2D eigenvalue weighted by Crippen LogP contribution is -2.23. The van der Waals surface area contributed by atoms with Crippen molar-refractivity contribution in [3.63, 3.8) is 0 Å². The second kappa shape index (κ2) is 5.89. The van der Waals surface area contributed by atoms with Gasteiger partial charge in [-0.1, -0.05) is 6.07 Å². The number of hydrogen-bond donors (Lipinski definition) is 2. The van der Waals surface area contributed by atoms with Crippen molar-refractivity contribution in [3.05, 3.63) is 59.5 Å². The third kappa shape index (κ3) is 2.53. The van der Waals surface area contributed by atoms with Crippen LogP contribution in [0.1, 0.15) is 21.6 Å². The molecule has 0 aliphatic carbocycles. The zero-order valence-electron chi connectivity index (χ0n) is 12.5. The van der Waals surface area contributed by atoms with Gasteiger partial charge in [-0.15, -0.1) is 0 Å². The number of benzene rings is 1. The first-order valence-corrected chi connectivity index (χ1v) is 7.03. The fourth-order valence-electron chi connectivity index (χ4n) is 2.57. The molecule has 0 saturated heterocycles. The number of rotatable bonds is 4. The van der Waals surface area contributed by atoms with Gasteiger partial charge >= 0.3 is 0 Å². The van der Waals surface area contributed by atoms with Crippen LogP contribution in [0.3, 0.4) is 0 Å². The molecule has 0 fully saturated rings. The SMILES string of the molecule is COc1cccc2[nH]c(C)c(C(=O)NCc3ccncc3)c12. The van der Waals surface area contributed by atoms with Crippen LogP contribution in [0.25, 0.3) is 10.9 Å². The molecule has 1 aromatic carbocycles. The summed E-state index contributed by atoms with van der Waals surface area (Å²) in [6, 6.07) is 9.45. The molecule has 0 spiro atoms. The van der Waals surface area contributed by atoms with Gasteiger partial charge < -0.3 is 15.0 Å². The molecule has 1 amide bonds. The van der Waals surface area contributed by atoms with Gasteiger partial charge in [0.25, 0.3) is 5.91 Å². The van der Waals surface area contributed by atoms with Crippen LogP contribution in [0.5, 0.6) is 5.75 Å². The van der Waals surface area contributed by atoms with Crippen molar-refractivity contribution in [1.29, 1.82) is 0 Å². The van der Waals surface area contributed by atoms with Crippen molar-refractivity contribution in [2.24, 2.45) is 0 Å². The van der Waals surface area contributed by atoms with E-state index in [-0.39, 0.29) is 5.91 Å². The number of nitrogens with zero attached hydrogens (tertiary/aromatic N) is 1. The molecule has 2 aromatic heterocycles. The molecule has 0 atom stereocenters. The number of aryl methyl sites for hydroxylation is 1. The first-order valence-electron chi connectivity index (χ1n) is 7.03. The molecule has 5 heteroatoms. The summed E-state index contributed by atoms with van der Waals surface area (Å²) in [5.74, 6) is 0.570. The fourth-order valence-corrected chi connectivity index (χ4v) is 2.57. The molecule has 0 saturated carbocycles. The molecule has 112 valence electrons. The van der Waals surface area contributed by atoms with Crippen LogP contribution in [-0.4, -0.2) is 23.0 Å². The smallest absolute Gasteiger partial charge is 0.254 e. The molecular formula is C17H17N3O2. The van der Waals surface area contributed by atoms with Gasteiger partial charge in [-0.3, -0.25) is 9.78 Å². The van der Waals surface area contributed by atoms with Gasteiger partial charge in [-0.2, -0.15) is 0 Å². The highest BCUT2D eigenvalue weighted by molar-refractivity contribution is 6.10. The summed E-state index contributed by atoms with van der Waals surface area (Å²) in [5, 5.41) is 3.76. The third-order valence-electron chi connectivity index (χ3n) is 3.62. The minimum atomic E-state index is -0.120. The number of ether oxygens (including phenoxy) is 1. The molecule has 0 bridgehead atoms. The van der Waals surface area contributed by atoms with E-state index in [1.54, 1.807) is 19.5 Å². The topological polar surface area (TPSA) is 67.0 Å². The van der Waals surface area contributed by atoms with Gasteiger partial charge in [0, 0.05) is 24.6 Å². The van der Waals surface area contributed by atoms with Gasteiger partial charge in [0.05, 0.1) is 23.6 Å². The maximum atomic E-state index is 12.6. The number of hydrogen-bond acceptors (Lipinski definition) is 3. The number of carbonyl (C=O) groups excluding carboxylic acids is 1. The summed E-state index contributed by atoms with van der Waals surface area (Å²) in [4.78, 5) is 19.8. The van der Waals surface area contributed by atoms with E-state index >= 15 is 0 Å². The normalized spacial score (nSPS) is 10.6. The number of carbonyl (C=O) groups is 1. The monoisotopic (exact) mass is 295 g/mol. The van der Waals surface area contributed by atoms with Crippen molar-refractivity contribution < 1.29 is 9.53 Å². The van der Waals surface area contributed by atoms with Crippen molar-refractivity contribution >= 4 is 16.8 Å². The number of aromatic nitrogens is 2. The Morgan fingerprint density at radius 2 is 2.05 bits per heavy atom. The fraction of sp³-hybridized carbons (Fsp3) is 0.176. The molecule has 5 nitrogen and oxygen atoms in total. The van der Waals surface area contributed by atoms with Crippen LogP contribution in [0.4, 0.5) is 0 Å². The van der Waals surface area contributed by atoms with Gasteiger partial charge in [0.1, 0.15) is 5.75 Å². The van der Waals surface area contributed by atoms with E-state index < -0.39 is 0 Å². The number of amides is 1. The zero-order valence-corrected chi connectivity index (χ0v) is 12.5. The highest BCUT2D eigenvalue weighted by atomic mass is 16.5. The van der Waals surface area contributed by atoms with Crippen LogP contribution >= 0.6 is 0 Å². The molecule has 3 aromatic rings. The highest BCUT2D eigenvalue weighted by Gasteiger charge is 2.18. The predicted octanol–water partition coefficient (Wildman–Crippen LogP) is 2.81. The minimum Gasteiger partial charge on any atom is -0.496 e. The largest absolute Gasteiger partial charge is 0.496 e. The summed E-state index contributed by atoms with van der Waals surface area (Å²) in [5.41, 5.74) is 3.35. The number of H-pyrrole nitrogens is 1. The lowest BCUT2D eigenvalue weighted by molar-refractivity contribution is 0.0952. The van der Waals surface area contributed by atoms with E-state index in [0.717, 1.165) is 22.2 Å². The number of nitrogens with one attached hydrogen (secondary N) is 2. The van der Waals surface area contributed by atoms with Crippen molar-refractivity contribution in [1.82, 2.24) is 15.3 Å². The lowest BCUT2D eigenvalue weighted by atomic mass is 10.1. The Morgan fingerprint density at radius 3 is 2.77 bits per heavy atom. The van der Waals surface area contributed by atoms with Crippen LogP contribution < -0.4 is 10.1 Å². The van der Waals surface area contributed by atoms with E-state index in [4.69, 9.17) is 4.74 Å². The van der Waals surface area contributed by atoms with Gasteiger partial charge in [-0.05, 0) is 36.8 Å². The average molecular weight is 295 g/mol.